The first-order valence-corrected chi connectivity index (χ1v) is 9.60. The molecule has 0 unspecified atom stereocenters. The minimum atomic E-state index is -0.533. The van der Waals surface area contributed by atoms with Gasteiger partial charge in [-0.15, -0.1) is 0 Å². The van der Waals surface area contributed by atoms with Crippen molar-refractivity contribution in [1.29, 1.82) is 0 Å². The lowest BCUT2D eigenvalue weighted by molar-refractivity contribution is 0.0446. The molecular weight excluding hydrogens is 371 g/mol. The molecule has 1 atom stereocenters. The van der Waals surface area contributed by atoms with Gasteiger partial charge < -0.3 is 9.84 Å². The minimum Gasteiger partial charge on any atom is -0.489 e. The Kier molecular flexibility index (Phi) is 7.17. The van der Waals surface area contributed by atoms with Gasteiger partial charge in [0.2, 0.25) is 0 Å². The molecule has 1 aliphatic rings. The van der Waals surface area contributed by atoms with Gasteiger partial charge in [-0.1, -0.05) is 47.5 Å². The molecule has 1 aliphatic heterocycles. The lowest BCUT2D eigenvalue weighted by atomic mass is 10.2. The molecule has 0 spiro atoms. The number of piperazine rings is 1. The van der Waals surface area contributed by atoms with Crippen LogP contribution in [-0.2, 0) is 6.54 Å². The highest BCUT2D eigenvalue weighted by molar-refractivity contribution is 6.32. The average molecular weight is 395 g/mol. The number of rotatable bonds is 7. The first-order valence-electron chi connectivity index (χ1n) is 8.85. The summed E-state index contributed by atoms with van der Waals surface area (Å²) < 4.78 is 5.62. The van der Waals surface area contributed by atoms with Crippen LogP contribution in [0.4, 0.5) is 0 Å². The van der Waals surface area contributed by atoms with Crippen LogP contribution in [0, 0.1) is 0 Å². The summed E-state index contributed by atoms with van der Waals surface area (Å²) in [6.45, 7) is 5.64. The van der Waals surface area contributed by atoms with Gasteiger partial charge in [-0.25, -0.2) is 0 Å². The number of nitrogens with zero attached hydrogens (tertiary/aromatic N) is 2. The Balaban J connectivity index is 1.38. The molecule has 1 saturated heterocycles. The third-order valence-electron chi connectivity index (χ3n) is 4.52. The number of aliphatic hydroxyl groups excluding tert-OH is 1. The first-order chi connectivity index (χ1) is 12.6. The summed E-state index contributed by atoms with van der Waals surface area (Å²) in [5, 5.41) is 11.6. The van der Waals surface area contributed by atoms with Gasteiger partial charge in [-0.05, 0) is 29.8 Å². The van der Waals surface area contributed by atoms with Crippen molar-refractivity contribution < 1.29 is 9.84 Å². The maximum atomic E-state index is 10.2. The number of ether oxygens (including phenoxy) is 1. The van der Waals surface area contributed by atoms with E-state index >= 15 is 0 Å². The van der Waals surface area contributed by atoms with E-state index < -0.39 is 6.10 Å². The van der Waals surface area contributed by atoms with E-state index in [1.165, 1.54) is 5.56 Å². The van der Waals surface area contributed by atoms with Crippen LogP contribution >= 0.6 is 23.2 Å². The van der Waals surface area contributed by atoms with Crippen molar-refractivity contribution in [3.63, 3.8) is 0 Å². The van der Waals surface area contributed by atoms with Gasteiger partial charge in [0.05, 0.1) is 5.02 Å². The summed E-state index contributed by atoms with van der Waals surface area (Å²) in [6.07, 6.45) is -0.533. The van der Waals surface area contributed by atoms with Crippen molar-refractivity contribution in [3.8, 4) is 5.75 Å². The SMILES string of the molecule is O[C@@H](COc1ccccc1Cl)CN1CCN(Cc2ccc(Cl)cc2)CC1. The Labute approximate surface area is 164 Å². The summed E-state index contributed by atoms with van der Waals surface area (Å²) in [7, 11) is 0. The van der Waals surface area contributed by atoms with E-state index in [1.807, 2.05) is 30.3 Å². The normalized spacial score (nSPS) is 17.2. The van der Waals surface area contributed by atoms with Gasteiger partial charge in [0.1, 0.15) is 18.5 Å². The lowest BCUT2D eigenvalue weighted by Crippen LogP contribution is -2.48. The van der Waals surface area contributed by atoms with Crippen LogP contribution in [0.15, 0.2) is 48.5 Å². The molecule has 6 heteroatoms. The molecular formula is C20H24Cl2N2O2. The Morgan fingerprint density at radius 1 is 0.923 bits per heavy atom. The van der Waals surface area contributed by atoms with Crippen LogP contribution in [0.25, 0.3) is 0 Å². The molecule has 1 heterocycles. The van der Waals surface area contributed by atoms with E-state index in [0.717, 1.165) is 37.7 Å². The second-order valence-electron chi connectivity index (χ2n) is 6.60. The molecule has 3 rings (SSSR count). The van der Waals surface area contributed by atoms with Crippen molar-refractivity contribution in [2.24, 2.45) is 0 Å². The molecule has 1 fully saturated rings. The third-order valence-corrected chi connectivity index (χ3v) is 5.09. The zero-order valence-electron chi connectivity index (χ0n) is 14.7. The number of para-hydroxylation sites is 1. The quantitative estimate of drug-likeness (QED) is 0.778. The fourth-order valence-electron chi connectivity index (χ4n) is 3.08. The minimum absolute atomic E-state index is 0.245. The van der Waals surface area contributed by atoms with Crippen LogP contribution in [-0.4, -0.2) is 60.3 Å². The summed E-state index contributed by atoms with van der Waals surface area (Å²) >= 11 is 12.0. The second-order valence-corrected chi connectivity index (χ2v) is 7.44. The predicted octanol–water partition coefficient (Wildman–Crippen LogP) is 3.55. The topological polar surface area (TPSA) is 35.9 Å². The number of hydrogen-bond acceptors (Lipinski definition) is 4. The molecule has 4 nitrogen and oxygen atoms in total. The largest absolute Gasteiger partial charge is 0.489 e. The fourth-order valence-corrected chi connectivity index (χ4v) is 3.39. The van der Waals surface area contributed by atoms with Gasteiger partial charge in [0, 0.05) is 44.3 Å². The third kappa shape index (κ3) is 5.86. The van der Waals surface area contributed by atoms with Crippen LogP contribution in [0.1, 0.15) is 5.56 Å². The maximum absolute atomic E-state index is 10.2. The van der Waals surface area contributed by atoms with Crippen molar-refractivity contribution >= 4 is 23.2 Å². The standard InChI is InChI=1S/C20H24Cl2N2O2/c21-17-7-5-16(6-8-17)13-23-9-11-24(12-10-23)14-18(25)15-26-20-4-2-1-3-19(20)22/h1-8,18,25H,9-15H2/t18-/m1/s1. The van der Waals surface area contributed by atoms with Crippen molar-refractivity contribution in [1.82, 2.24) is 9.80 Å². The predicted molar refractivity (Wildman–Crippen MR) is 106 cm³/mol. The van der Waals surface area contributed by atoms with E-state index in [9.17, 15) is 5.11 Å². The maximum Gasteiger partial charge on any atom is 0.138 e. The molecule has 2 aromatic rings. The highest BCUT2D eigenvalue weighted by Gasteiger charge is 2.19. The van der Waals surface area contributed by atoms with E-state index in [-0.39, 0.29) is 6.61 Å². The fraction of sp³-hybridized carbons (Fsp3) is 0.400. The van der Waals surface area contributed by atoms with Crippen LogP contribution in [0.3, 0.4) is 0 Å². The monoisotopic (exact) mass is 394 g/mol. The molecule has 0 aromatic heterocycles. The molecule has 0 saturated carbocycles. The van der Waals surface area contributed by atoms with E-state index in [4.69, 9.17) is 27.9 Å². The highest BCUT2D eigenvalue weighted by atomic mass is 35.5. The number of aliphatic hydroxyl groups is 1. The van der Waals surface area contributed by atoms with Crippen molar-refractivity contribution in [2.45, 2.75) is 12.6 Å². The summed E-state index contributed by atoms with van der Waals surface area (Å²) in [5.74, 6) is 0.612. The van der Waals surface area contributed by atoms with Gasteiger partial charge >= 0.3 is 0 Å². The van der Waals surface area contributed by atoms with Gasteiger partial charge in [0.15, 0.2) is 0 Å². The Bertz CT molecular complexity index is 688. The number of hydrogen-bond donors (Lipinski definition) is 1. The molecule has 140 valence electrons. The Morgan fingerprint density at radius 2 is 1.58 bits per heavy atom. The van der Waals surface area contributed by atoms with Gasteiger partial charge in [-0.3, -0.25) is 9.80 Å². The summed E-state index contributed by atoms with van der Waals surface area (Å²) in [5.41, 5.74) is 1.27. The zero-order valence-corrected chi connectivity index (χ0v) is 16.2. The van der Waals surface area contributed by atoms with E-state index in [2.05, 4.69) is 21.9 Å². The lowest BCUT2D eigenvalue weighted by Gasteiger charge is -2.35. The summed E-state index contributed by atoms with van der Waals surface area (Å²) in [6, 6.07) is 15.3. The number of β-amino-alcohol motifs (C(OH)–C–C–N with tert-alkyl or cyclic N) is 1. The zero-order chi connectivity index (χ0) is 18.4. The molecule has 0 aliphatic carbocycles. The van der Waals surface area contributed by atoms with Crippen molar-refractivity contribution in [3.05, 3.63) is 64.1 Å². The highest BCUT2D eigenvalue weighted by Crippen LogP contribution is 2.23. The van der Waals surface area contributed by atoms with Gasteiger partial charge in [-0.2, -0.15) is 0 Å². The Hall–Kier alpha value is -1.30. The average Bonchev–Trinajstić information content (AvgIpc) is 2.64. The van der Waals surface area contributed by atoms with E-state index in [0.29, 0.717) is 17.3 Å². The van der Waals surface area contributed by atoms with Gasteiger partial charge in [0.25, 0.3) is 0 Å². The second kappa shape index (κ2) is 9.58. The van der Waals surface area contributed by atoms with Crippen LogP contribution in [0.2, 0.25) is 10.0 Å². The van der Waals surface area contributed by atoms with Crippen LogP contribution in [0.5, 0.6) is 5.75 Å². The van der Waals surface area contributed by atoms with Crippen LogP contribution < -0.4 is 4.74 Å². The number of halogens is 2. The summed E-state index contributed by atoms with van der Waals surface area (Å²) in [4.78, 5) is 4.70. The Morgan fingerprint density at radius 3 is 2.27 bits per heavy atom. The molecule has 1 N–H and O–H groups in total. The molecule has 0 bridgehead atoms. The van der Waals surface area contributed by atoms with E-state index in [1.54, 1.807) is 6.07 Å². The molecule has 26 heavy (non-hydrogen) atoms. The number of benzene rings is 2. The smallest absolute Gasteiger partial charge is 0.138 e. The molecule has 2 aromatic carbocycles. The molecule has 0 amide bonds. The first kappa shape index (κ1) is 19.5. The molecule has 0 radical (unpaired) electrons. The van der Waals surface area contributed by atoms with Crippen molar-refractivity contribution in [2.75, 3.05) is 39.3 Å².